The number of rotatable bonds is 5. The molecule has 0 bridgehead atoms. The van der Waals surface area contributed by atoms with Gasteiger partial charge in [-0.15, -0.1) is 0 Å². The zero-order valence-corrected chi connectivity index (χ0v) is 15.6. The highest BCUT2D eigenvalue weighted by Crippen LogP contribution is 2.40. The fourth-order valence-electron chi connectivity index (χ4n) is 3.86. The molecule has 0 N–H and O–H groups in total. The van der Waals surface area contributed by atoms with Crippen molar-refractivity contribution in [2.24, 2.45) is 5.92 Å². The average Bonchev–Trinajstić information content (AvgIpc) is 3.13. The molecule has 0 unspecified atom stereocenters. The lowest BCUT2D eigenvalue weighted by molar-refractivity contribution is 0.182. The van der Waals surface area contributed by atoms with Crippen LogP contribution in [0, 0.1) is 24.2 Å². The van der Waals surface area contributed by atoms with Crippen LogP contribution in [0.3, 0.4) is 0 Å². The van der Waals surface area contributed by atoms with Crippen molar-refractivity contribution >= 4 is 0 Å². The van der Waals surface area contributed by atoms with Crippen LogP contribution in [0.1, 0.15) is 35.8 Å². The highest BCUT2D eigenvalue weighted by molar-refractivity contribution is 5.71. The van der Waals surface area contributed by atoms with E-state index in [1.54, 1.807) is 13.2 Å². The van der Waals surface area contributed by atoms with Crippen LogP contribution in [0.4, 0.5) is 0 Å². The van der Waals surface area contributed by atoms with E-state index in [0.717, 1.165) is 47.4 Å². The van der Waals surface area contributed by atoms with Crippen molar-refractivity contribution in [1.29, 1.82) is 5.26 Å². The van der Waals surface area contributed by atoms with Crippen LogP contribution in [-0.2, 0) is 6.42 Å². The van der Waals surface area contributed by atoms with Gasteiger partial charge in [-0.3, -0.25) is 4.68 Å². The van der Waals surface area contributed by atoms with Gasteiger partial charge in [-0.05, 0) is 49.8 Å². The first-order valence-corrected chi connectivity index (χ1v) is 9.22. The van der Waals surface area contributed by atoms with Gasteiger partial charge in [0.05, 0.1) is 19.3 Å². The Kier molecular flexibility index (Phi) is 4.64. The summed E-state index contributed by atoms with van der Waals surface area (Å²) in [6.45, 7) is 2.05. The van der Waals surface area contributed by atoms with E-state index >= 15 is 0 Å². The molecule has 27 heavy (non-hydrogen) atoms. The zero-order valence-electron chi connectivity index (χ0n) is 15.6. The molecule has 2 aromatic heterocycles. The van der Waals surface area contributed by atoms with Gasteiger partial charge in [-0.1, -0.05) is 24.3 Å². The van der Waals surface area contributed by atoms with E-state index in [4.69, 9.17) is 10.00 Å². The third-order valence-electron chi connectivity index (χ3n) is 5.33. The Morgan fingerprint density at radius 1 is 1.22 bits per heavy atom. The zero-order chi connectivity index (χ0) is 18.8. The Morgan fingerprint density at radius 3 is 2.81 bits per heavy atom. The monoisotopic (exact) mass is 358 g/mol. The molecule has 0 radical (unpaired) electrons. The fraction of sp³-hybridized carbons (Fsp3) is 0.318. The summed E-state index contributed by atoms with van der Waals surface area (Å²) in [6, 6.07) is 14.4. The summed E-state index contributed by atoms with van der Waals surface area (Å²) in [4.78, 5) is 4.38. The third-order valence-corrected chi connectivity index (χ3v) is 5.33. The lowest BCUT2D eigenvalue weighted by Crippen LogP contribution is -2.28. The second-order valence-corrected chi connectivity index (χ2v) is 7.19. The van der Waals surface area contributed by atoms with E-state index in [9.17, 15) is 0 Å². The molecule has 1 saturated carbocycles. The van der Waals surface area contributed by atoms with Gasteiger partial charge in [0.1, 0.15) is 17.5 Å². The Hall–Kier alpha value is -3.13. The quantitative estimate of drug-likeness (QED) is 0.681. The predicted octanol–water partition coefficient (Wildman–Crippen LogP) is 4.33. The molecule has 0 amide bonds. The summed E-state index contributed by atoms with van der Waals surface area (Å²) in [7, 11) is 1.71. The van der Waals surface area contributed by atoms with Crippen molar-refractivity contribution in [3.63, 3.8) is 0 Å². The van der Waals surface area contributed by atoms with Crippen LogP contribution >= 0.6 is 0 Å². The molecule has 0 atom stereocenters. The van der Waals surface area contributed by atoms with Crippen LogP contribution in [-0.4, -0.2) is 21.9 Å². The van der Waals surface area contributed by atoms with Crippen LogP contribution in [0.15, 0.2) is 48.8 Å². The number of benzene rings is 1. The standard InChI is InChI=1S/C22H22N4O/c1-15-5-3-8-21(22(15)27-2)17-13-24-26(14-17)20-10-16(11-20)9-18-6-4-7-19(12-23)25-18/h3-8,13-14,16,20H,9-11H2,1-2H3/t16-,20-. The van der Waals surface area contributed by atoms with Gasteiger partial charge in [0.2, 0.25) is 0 Å². The normalized spacial score (nSPS) is 18.6. The molecule has 5 nitrogen and oxygen atoms in total. The van der Waals surface area contributed by atoms with Gasteiger partial charge >= 0.3 is 0 Å². The second-order valence-electron chi connectivity index (χ2n) is 7.19. The number of hydrogen-bond donors (Lipinski definition) is 0. The van der Waals surface area contributed by atoms with Gasteiger partial charge in [0.15, 0.2) is 0 Å². The van der Waals surface area contributed by atoms with Crippen LogP contribution < -0.4 is 4.74 Å². The molecule has 1 aromatic carbocycles. The van der Waals surface area contributed by atoms with Crippen LogP contribution in [0.5, 0.6) is 5.75 Å². The number of pyridine rings is 1. The molecule has 3 aromatic rings. The van der Waals surface area contributed by atoms with Crippen molar-refractivity contribution in [2.45, 2.75) is 32.2 Å². The van der Waals surface area contributed by atoms with E-state index in [-0.39, 0.29) is 0 Å². The van der Waals surface area contributed by atoms with Crippen molar-refractivity contribution < 1.29 is 4.74 Å². The molecule has 5 heteroatoms. The SMILES string of the molecule is COc1c(C)cccc1-c1cnn([C@H]2C[C@H](Cc3cccc(C#N)n3)C2)c1. The summed E-state index contributed by atoms with van der Waals surface area (Å²) in [5.41, 5.74) is 4.79. The molecule has 0 aliphatic heterocycles. The first-order chi connectivity index (χ1) is 13.2. The van der Waals surface area contributed by atoms with E-state index in [0.29, 0.717) is 17.7 Å². The van der Waals surface area contributed by atoms with Crippen molar-refractivity contribution in [1.82, 2.24) is 14.8 Å². The lowest BCUT2D eigenvalue weighted by Gasteiger charge is -2.35. The summed E-state index contributed by atoms with van der Waals surface area (Å²) < 4.78 is 7.65. The maximum atomic E-state index is 8.98. The Labute approximate surface area is 159 Å². The Bertz CT molecular complexity index is 996. The number of nitriles is 1. The molecule has 4 rings (SSSR count). The van der Waals surface area contributed by atoms with Crippen molar-refractivity contribution in [2.75, 3.05) is 7.11 Å². The fourth-order valence-corrected chi connectivity index (χ4v) is 3.86. The molecule has 1 aliphatic carbocycles. The van der Waals surface area contributed by atoms with Crippen molar-refractivity contribution in [3.05, 3.63) is 65.7 Å². The largest absolute Gasteiger partial charge is 0.496 e. The highest BCUT2D eigenvalue weighted by atomic mass is 16.5. The minimum atomic E-state index is 0.429. The maximum Gasteiger partial charge on any atom is 0.140 e. The number of aromatic nitrogens is 3. The van der Waals surface area contributed by atoms with E-state index in [1.165, 1.54) is 0 Å². The molecule has 1 aliphatic rings. The molecule has 136 valence electrons. The number of ether oxygens (including phenoxy) is 1. The highest BCUT2D eigenvalue weighted by Gasteiger charge is 2.31. The minimum absolute atomic E-state index is 0.429. The maximum absolute atomic E-state index is 8.98. The molecule has 2 heterocycles. The van der Waals surface area contributed by atoms with Crippen LogP contribution in [0.2, 0.25) is 0 Å². The second kappa shape index (κ2) is 7.24. The van der Waals surface area contributed by atoms with Gasteiger partial charge in [-0.25, -0.2) is 4.98 Å². The molecule has 0 spiro atoms. The van der Waals surface area contributed by atoms with Gasteiger partial charge < -0.3 is 4.74 Å². The first kappa shape index (κ1) is 17.3. The summed E-state index contributed by atoms with van der Waals surface area (Å²) in [5, 5.41) is 13.6. The lowest BCUT2D eigenvalue weighted by atomic mass is 9.77. The molecular weight excluding hydrogens is 336 g/mol. The molecule has 0 saturated heterocycles. The Balaban J connectivity index is 1.42. The predicted molar refractivity (Wildman–Crippen MR) is 103 cm³/mol. The van der Waals surface area contributed by atoms with E-state index in [2.05, 4.69) is 46.1 Å². The number of para-hydroxylation sites is 1. The number of methoxy groups -OCH3 is 1. The number of nitrogens with zero attached hydrogens (tertiary/aromatic N) is 4. The number of aryl methyl sites for hydroxylation is 1. The topological polar surface area (TPSA) is 63.7 Å². The average molecular weight is 358 g/mol. The third kappa shape index (κ3) is 3.43. The number of hydrogen-bond acceptors (Lipinski definition) is 4. The minimum Gasteiger partial charge on any atom is -0.496 e. The van der Waals surface area contributed by atoms with E-state index < -0.39 is 0 Å². The van der Waals surface area contributed by atoms with Gasteiger partial charge in [0.25, 0.3) is 0 Å². The summed E-state index contributed by atoms with van der Waals surface area (Å²) >= 11 is 0. The Morgan fingerprint density at radius 2 is 2.04 bits per heavy atom. The summed E-state index contributed by atoms with van der Waals surface area (Å²) in [5.74, 6) is 1.50. The smallest absolute Gasteiger partial charge is 0.140 e. The van der Waals surface area contributed by atoms with Crippen LogP contribution in [0.25, 0.3) is 11.1 Å². The van der Waals surface area contributed by atoms with Crippen molar-refractivity contribution in [3.8, 4) is 22.9 Å². The van der Waals surface area contributed by atoms with Gasteiger partial charge in [-0.2, -0.15) is 10.4 Å². The summed E-state index contributed by atoms with van der Waals surface area (Å²) in [6.07, 6.45) is 7.14. The first-order valence-electron chi connectivity index (χ1n) is 9.22. The molecule has 1 fully saturated rings. The van der Waals surface area contributed by atoms with Gasteiger partial charge in [0, 0.05) is 23.0 Å². The molecular formula is C22H22N4O. The van der Waals surface area contributed by atoms with E-state index in [1.807, 2.05) is 24.4 Å².